The van der Waals surface area contributed by atoms with Crippen molar-refractivity contribution in [1.82, 2.24) is 0 Å². The predicted molar refractivity (Wildman–Crippen MR) is 45.4 cm³/mol. The zero-order valence-electron chi connectivity index (χ0n) is 13.8. The summed E-state index contributed by atoms with van der Waals surface area (Å²) in [6.07, 6.45) is 0. The van der Waals surface area contributed by atoms with Gasteiger partial charge in [-0.1, -0.05) is 15.9 Å². The average molecular weight is 210 g/mol. The van der Waals surface area contributed by atoms with Gasteiger partial charge in [0.2, 0.25) is 0 Å². The summed E-state index contributed by atoms with van der Waals surface area (Å²) in [5.74, 6) is -0.686. The number of hydrogen-bond donors (Lipinski definition) is 0. The summed E-state index contributed by atoms with van der Waals surface area (Å²) >= 11 is 2.84. The van der Waals surface area contributed by atoms with E-state index in [9.17, 15) is 0 Å². The molecule has 1 aromatic rings. The molecule has 0 heterocycles. The first kappa shape index (κ1) is 2.01. The molecule has 0 bridgehead atoms. The molecule has 0 aliphatic carbocycles. The van der Waals surface area contributed by atoms with Crippen LogP contribution >= 0.6 is 15.9 Å². The highest BCUT2D eigenvalue weighted by atomic mass is 79.9. The third kappa shape index (κ3) is 1.74. The first-order valence-electron chi connectivity index (χ1n) is 6.85. The predicted octanol–water partition coefficient (Wildman–Crippen LogP) is 2.77. The Labute approximate surface area is 81.8 Å². The molecule has 1 aromatic carbocycles. The average Bonchev–Trinajstić information content (AvgIpc) is 2.18. The van der Waals surface area contributed by atoms with Crippen molar-refractivity contribution < 1.29 is 17.1 Å². The van der Waals surface area contributed by atoms with E-state index < -0.39 is 43.3 Å². The van der Waals surface area contributed by atoms with Gasteiger partial charge in [0.05, 0.1) is 15.3 Å². The van der Waals surface area contributed by atoms with Gasteiger partial charge >= 0.3 is 0 Å². The molecule has 1 nitrogen and oxygen atoms in total. The van der Waals surface area contributed by atoms with Gasteiger partial charge in [0.25, 0.3) is 0 Å². The van der Waals surface area contributed by atoms with E-state index >= 15 is 0 Å². The molecule has 1 rings (SSSR count). The van der Waals surface area contributed by atoms with E-state index in [0.717, 1.165) is 0 Å². The fourth-order valence-electron chi connectivity index (χ4n) is 0.468. The van der Waals surface area contributed by atoms with E-state index in [1.165, 1.54) is 0 Å². The molecular formula is C8H9BrO. The lowest BCUT2D eigenvalue weighted by Gasteiger charge is -2.00. The number of methoxy groups -OCH3 is 1. The van der Waals surface area contributed by atoms with E-state index in [1.807, 2.05) is 0 Å². The van der Waals surface area contributed by atoms with Crippen molar-refractivity contribution >= 4 is 15.9 Å². The Balaban J connectivity index is 3.62. The molecule has 0 amide bonds. The van der Waals surface area contributed by atoms with Gasteiger partial charge in [-0.05, 0) is 30.5 Å². The second-order valence-electron chi connectivity index (χ2n) is 1.50. The highest BCUT2D eigenvalue weighted by Gasteiger charge is 1.93. The maximum atomic E-state index is 7.66. The van der Waals surface area contributed by atoms with Crippen molar-refractivity contribution in [2.45, 2.75) is 6.85 Å². The lowest BCUT2D eigenvalue weighted by molar-refractivity contribution is 0.414. The fourth-order valence-corrected chi connectivity index (χ4v) is 0.846. The maximum absolute atomic E-state index is 7.66. The highest BCUT2D eigenvalue weighted by Crippen LogP contribution is 2.20. The van der Waals surface area contributed by atoms with Gasteiger partial charge in [-0.2, -0.15) is 0 Å². The quantitative estimate of drug-likeness (QED) is 0.692. The topological polar surface area (TPSA) is 9.23 Å². The van der Waals surface area contributed by atoms with Crippen LogP contribution in [0.1, 0.15) is 17.9 Å². The van der Waals surface area contributed by atoms with Gasteiger partial charge in [-0.3, -0.25) is 0 Å². The SMILES string of the molecule is [2H]c1c(Br)c([2H])c(C([2H])([2H])[2H])c([2H])c1OC([2H])([2H])[2H]. The third-order valence-corrected chi connectivity index (χ3v) is 1.20. The van der Waals surface area contributed by atoms with E-state index in [4.69, 9.17) is 12.3 Å². The van der Waals surface area contributed by atoms with Gasteiger partial charge in [0, 0.05) is 8.58 Å². The van der Waals surface area contributed by atoms with Crippen LogP contribution in [0.25, 0.3) is 0 Å². The maximum Gasteiger partial charge on any atom is 0.120 e. The van der Waals surface area contributed by atoms with Gasteiger partial charge in [0.15, 0.2) is 0 Å². The highest BCUT2D eigenvalue weighted by molar-refractivity contribution is 9.10. The molecular weight excluding hydrogens is 192 g/mol. The van der Waals surface area contributed by atoms with Crippen molar-refractivity contribution in [3.8, 4) is 5.75 Å². The monoisotopic (exact) mass is 209 g/mol. The molecule has 0 N–H and O–H groups in total. The minimum Gasteiger partial charge on any atom is -0.497 e. The Morgan fingerprint density at radius 1 is 1.60 bits per heavy atom. The standard InChI is InChI=1S/C8H9BrO/c1-6-3-7(9)5-8(4-6)10-2/h3-5H,1-2H3/i1D3,2D3,3D,4D,5D. The van der Waals surface area contributed by atoms with Crippen LogP contribution in [0.2, 0.25) is 0 Å². The number of ether oxygens (including phenoxy) is 1. The molecule has 0 spiro atoms. The Morgan fingerprint density at radius 3 is 3.20 bits per heavy atom. The first-order valence-corrected chi connectivity index (χ1v) is 3.14. The second kappa shape index (κ2) is 3.06. The van der Waals surface area contributed by atoms with Crippen molar-refractivity contribution in [2.75, 3.05) is 7.04 Å². The minimum absolute atomic E-state index is 0.228. The Kier molecular flexibility index (Phi) is 0.614. The zero-order valence-corrected chi connectivity index (χ0v) is 6.37. The second-order valence-corrected chi connectivity index (χ2v) is 2.29. The largest absolute Gasteiger partial charge is 0.497 e. The smallest absolute Gasteiger partial charge is 0.120 e. The van der Waals surface area contributed by atoms with Gasteiger partial charge in [-0.15, -0.1) is 0 Å². The molecule has 54 valence electrons. The summed E-state index contributed by atoms with van der Waals surface area (Å²) in [4.78, 5) is 0. The number of hydrogen-bond acceptors (Lipinski definition) is 1. The summed E-state index contributed by atoms with van der Waals surface area (Å²) in [6.45, 7) is -2.78. The summed E-state index contributed by atoms with van der Waals surface area (Å²) in [7, 11) is -2.92. The lowest BCUT2D eigenvalue weighted by atomic mass is 10.2. The first-order chi connectivity index (χ1) is 8.36. The van der Waals surface area contributed by atoms with Crippen LogP contribution in [0.4, 0.5) is 0 Å². The molecule has 0 unspecified atom stereocenters. The molecule has 0 aliphatic heterocycles. The van der Waals surface area contributed by atoms with Crippen molar-refractivity contribution in [3.63, 3.8) is 0 Å². The van der Waals surface area contributed by atoms with Crippen LogP contribution in [0.3, 0.4) is 0 Å². The Morgan fingerprint density at radius 2 is 2.50 bits per heavy atom. The van der Waals surface area contributed by atoms with E-state index in [1.54, 1.807) is 0 Å². The summed E-state index contributed by atoms with van der Waals surface area (Å²) in [5, 5.41) is 0. The molecule has 0 atom stereocenters. The van der Waals surface area contributed by atoms with E-state index in [-0.39, 0.29) is 4.47 Å². The summed E-state index contributed by atoms with van der Waals surface area (Å²) in [6, 6.07) is -1.87. The lowest BCUT2D eigenvalue weighted by Crippen LogP contribution is -1.82. The number of rotatable bonds is 1. The summed E-state index contributed by atoms with van der Waals surface area (Å²) < 4.78 is 69.8. The van der Waals surface area contributed by atoms with Crippen molar-refractivity contribution in [1.29, 1.82) is 0 Å². The van der Waals surface area contributed by atoms with E-state index in [0.29, 0.717) is 0 Å². The third-order valence-electron chi connectivity index (χ3n) is 0.799. The number of benzene rings is 1. The Hall–Kier alpha value is -0.500. The van der Waals surface area contributed by atoms with Crippen molar-refractivity contribution in [3.05, 3.63) is 28.2 Å². The van der Waals surface area contributed by atoms with Crippen LogP contribution in [0, 0.1) is 6.85 Å². The zero-order chi connectivity index (χ0) is 15.2. The molecule has 2 heteroatoms. The van der Waals surface area contributed by atoms with Gasteiger partial charge < -0.3 is 4.74 Å². The van der Waals surface area contributed by atoms with Gasteiger partial charge in [0.1, 0.15) is 5.75 Å². The fraction of sp³-hybridized carbons (Fsp3) is 0.250. The van der Waals surface area contributed by atoms with Crippen LogP contribution in [0.15, 0.2) is 22.6 Å². The number of halogens is 1. The minimum atomic E-state index is -2.92. The Bertz CT molecular complexity index is 505. The van der Waals surface area contributed by atoms with E-state index in [2.05, 4.69) is 20.7 Å². The molecule has 10 heavy (non-hydrogen) atoms. The summed E-state index contributed by atoms with van der Waals surface area (Å²) in [5.41, 5.74) is -0.658. The van der Waals surface area contributed by atoms with Gasteiger partial charge in [-0.25, -0.2) is 0 Å². The molecule has 0 fully saturated rings. The van der Waals surface area contributed by atoms with Crippen LogP contribution in [-0.2, 0) is 0 Å². The molecule has 0 aliphatic rings. The van der Waals surface area contributed by atoms with Crippen LogP contribution in [-0.4, -0.2) is 7.04 Å². The molecule has 0 radical (unpaired) electrons. The molecule has 0 saturated heterocycles. The van der Waals surface area contributed by atoms with Crippen LogP contribution in [0.5, 0.6) is 5.75 Å². The normalized spacial score (nSPS) is 25.1. The van der Waals surface area contributed by atoms with Crippen molar-refractivity contribution in [2.24, 2.45) is 0 Å². The molecule has 0 aromatic heterocycles. The van der Waals surface area contributed by atoms with Crippen LogP contribution < -0.4 is 4.74 Å². The molecule has 0 saturated carbocycles.